The molecule has 0 saturated heterocycles. The second-order valence-electron chi connectivity index (χ2n) is 14.6. The molecule has 0 heterocycles. The number of hydrogen-bond donors (Lipinski definition) is 0. The van der Waals surface area contributed by atoms with Gasteiger partial charge in [-0.15, -0.1) is 0 Å². The fourth-order valence-corrected chi connectivity index (χ4v) is 5.72. The fourth-order valence-electron chi connectivity index (χ4n) is 5.72. The summed E-state index contributed by atoms with van der Waals surface area (Å²) < 4.78 is 16.6. The van der Waals surface area contributed by atoms with Gasteiger partial charge in [-0.2, -0.15) is 0 Å². The van der Waals surface area contributed by atoms with Crippen LogP contribution in [0.15, 0.2) is 85.1 Å². The molecule has 0 aliphatic heterocycles. The van der Waals surface area contributed by atoms with E-state index in [1.165, 1.54) is 19.3 Å². The standard InChI is InChI=1S/C50H82O6/c1-4-7-10-13-15-17-19-21-23-24-25-26-27-29-30-32-34-37-40-43-49(52)55-46-47(45-54-48(51)42-39-36-12-9-6-3)56-50(53)44-41-38-35-33-31-28-22-20-18-16-14-11-8-5-2/h7,10,14-17,20-23,25-26,29-30,47H,4-6,8-9,11-13,18-19,24,27-28,31-46H2,1-3H3/b10-7-,16-14-,17-15-,22-20-,23-21-,26-25-,30-29-. The quantitative estimate of drug-likeness (QED) is 0.0268. The molecule has 0 aliphatic carbocycles. The molecule has 0 aliphatic rings. The largest absolute Gasteiger partial charge is 0.462 e. The molecule has 1 unspecified atom stereocenters. The van der Waals surface area contributed by atoms with Gasteiger partial charge >= 0.3 is 17.9 Å². The van der Waals surface area contributed by atoms with Crippen LogP contribution in [0.25, 0.3) is 0 Å². The molecule has 0 bridgehead atoms. The van der Waals surface area contributed by atoms with Gasteiger partial charge in [0.2, 0.25) is 0 Å². The molecule has 1 atom stereocenters. The van der Waals surface area contributed by atoms with Crippen LogP contribution in [-0.2, 0) is 28.6 Å². The van der Waals surface area contributed by atoms with Crippen LogP contribution in [-0.4, -0.2) is 37.2 Å². The average molecular weight is 779 g/mol. The summed E-state index contributed by atoms with van der Waals surface area (Å²) in [6, 6.07) is 0. The van der Waals surface area contributed by atoms with Gasteiger partial charge in [0.05, 0.1) is 0 Å². The maximum absolute atomic E-state index is 12.7. The van der Waals surface area contributed by atoms with E-state index in [9.17, 15) is 14.4 Å². The van der Waals surface area contributed by atoms with E-state index >= 15 is 0 Å². The molecule has 6 nitrogen and oxygen atoms in total. The highest BCUT2D eigenvalue weighted by atomic mass is 16.6. The Bertz CT molecular complexity index is 1120. The molecule has 0 aromatic rings. The molecule has 56 heavy (non-hydrogen) atoms. The predicted octanol–water partition coefficient (Wildman–Crippen LogP) is 14.5. The van der Waals surface area contributed by atoms with Crippen molar-refractivity contribution in [2.75, 3.05) is 13.2 Å². The first kappa shape index (κ1) is 52.6. The van der Waals surface area contributed by atoms with Crippen LogP contribution < -0.4 is 0 Å². The summed E-state index contributed by atoms with van der Waals surface area (Å²) in [5.74, 6) is -0.965. The molecule has 0 aromatic heterocycles. The average Bonchev–Trinajstić information content (AvgIpc) is 3.19. The van der Waals surface area contributed by atoms with Crippen LogP contribution in [0.3, 0.4) is 0 Å². The normalized spacial score (nSPS) is 12.8. The first-order chi connectivity index (χ1) is 27.5. The number of allylic oxidation sites excluding steroid dienone is 14. The van der Waals surface area contributed by atoms with E-state index in [1.54, 1.807) is 0 Å². The lowest BCUT2D eigenvalue weighted by atomic mass is 10.1. The number of carbonyl (C=O) groups excluding carboxylic acids is 3. The van der Waals surface area contributed by atoms with Crippen molar-refractivity contribution in [2.24, 2.45) is 0 Å². The van der Waals surface area contributed by atoms with Crippen molar-refractivity contribution in [1.82, 2.24) is 0 Å². The number of carbonyl (C=O) groups is 3. The van der Waals surface area contributed by atoms with Crippen molar-refractivity contribution in [2.45, 2.75) is 200 Å². The van der Waals surface area contributed by atoms with E-state index in [2.05, 4.69) is 106 Å². The van der Waals surface area contributed by atoms with Crippen molar-refractivity contribution < 1.29 is 28.6 Å². The van der Waals surface area contributed by atoms with Crippen LogP contribution in [0.2, 0.25) is 0 Å². The minimum Gasteiger partial charge on any atom is -0.462 e. The van der Waals surface area contributed by atoms with Crippen LogP contribution in [0, 0.1) is 0 Å². The Labute approximate surface area is 344 Å². The molecule has 318 valence electrons. The van der Waals surface area contributed by atoms with E-state index in [0.717, 1.165) is 135 Å². The van der Waals surface area contributed by atoms with Gasteiger partial charge in [0, 0.05) is 19.3 Å². The molecule has 0 radical (unpaired) electrons. The summed E-state index contributed by atoms with van der Waals surface area (Å²) in [7, 11) is 0. The molecule has 0 N–H and O–H groups in total. The van der Waals surface area contributed by atoms with Crippen molar-refractivity contribution in [3.05, 3.63) is 85.1 Å². The van der Waals surface area contributed by atoms with Crippen LogP contribution in [0.1, 0.15) is 194 Å². The van der Waals surface area contributed by atoms with Crippen molar-refractivity contribution in [3.63, 3.8) is 0 Å². The Morgan fingerprint density at radius 2 is 0.714 bits per heavy atom. The smallest absolute Gasteiger partial charge is 0.306 e. The Morgan fingerprint density at radius 1 is 0.375 bits per heavy atom. The Hall–Kier alpha value is -3.41. The Balaban J connectivity index is 4.32. The predicted molar refractivity (Wildman–Crippen MR) is 237 cm³/mol. The summed E-state index contributed by atoms with van der Waals surface area (Å²) in [4.78, 5) is 37.5. The van der Waals surface area contributed by atoms with Crippen molar-refractivity contribution >= 4 is 17.9 Å². The first-order valence-corrected chi connectivity index (χ1v) is 22.6. The summed E-state index contributed by atoms with van der Waals surface area (Å²) in [6.45, 7) is 6.33. The van der Waals surface area contributed by atoms with E-state index in [1.807, 2.05) is 0 Å². The second kappa shape index (κ2) is 44.3. The molecular weight excluding hydrogens is 697 g/mol. The minimum atomic E-state index is -0.792. The lowest BCUT2D eigenvalue weighted by Crippen LogP contribution is -2.30. The van der Waals surface area contributed by atoms with Gasteiger partial charge in [0.25, 0.3) is 0 Å². The van der Waals surface area contributed by atoms with Gasteiger partial charge in [-0.3, -0.25) is 14.4 Å². The summed E-state index contributed by atoms with van der Waals surface area (Å²) >= 11 is 0. The fraction of sp³-hybridized carbons (Fsp3) is 0.660. The van der Waals surface area contributed by atoms with Gasteiger partial charge in [-0.1, -0.05) is 170 Å². The maximum atomic E-state index is 12.7. The zero-order valence-corrected chi connectivity index (χ0v) is 36.1. The highest BCUT2D eigenvalue weighted by molar-refractivity contribution is 5.71. The molecule has 6 heteroatoms. The van der Waals surface area contributed by atoms with Gasteiger partial charge in [-0.25, -0.2) is 0 Å². The van der Waals surface area contributed by atoms with Crippen molar-refractivity contribution in [3.8, 4) is 0 Å². The second-order valence-corrected chi connectivity index (χ2v) is 14.6. The number of hydrogen-bond acceptors (Lipinski definition) is 6. The third-order valence-electron chi connectivity index (χ3n) is 9.13. The Morgan fingerprint density at radius 3 is 1.16 bits per heavy atom. The molecule has 0 spiro atoms. The molecule has 0 fully saturated rings. The molecule has 0 saturated carbocycles. The third-order valence-corrected chi connectivity index (χ3v) is 9.13. The zero-order valence-electron chi connectivity index (χ0n) is 36.1. The van der Waals surface area contributed by atoms with Gasteiger partial charge in [0.1, 0.15) is 13.2 Å². The first-order valence-electron chi connectivity index (χ1n) is 22.6. The topological polar surface area (TPSA) is 78.9 Å². The highest BCUT2D eigenvalue weighted by Gasteiger charge is 2.19. The summed E-state index contributed by atoms with van der Waals surface area (Å²) in [6.07, 6.45) is 55.9. The number of esters is 3. The summed E-state index contributed by atoms with van der Waals surface area (Å²) in [5, 5.41) is 0. The van der Waals surface area contributed by atoms with Crippen molar-refractivity contribution in [1.29, 1.82) is 0 Å². The zero-order chi connectivity index (χ0) is 40.8. The van der Waals surface area contributed by atoms with Crippen LogP contribution in [0.4, 0.5) is 0 Å². The van der Waals surface area contributed by atoms with E-state index < -0.39 is 6.10 Å². The highest BCUT2D eigenvalue weighted by Crippen LogP contribution is 2.12. The summed E-state index contributed by atoms with van der Waals surface area (Å²) in [5.41, 5.74) is 0. The molecule has 0 aromatic carbocycles. The monoisotopic (exact) mass is 779 g/mol. The lowest BCUT2D eigenvalue weighted by Gasteiger charge is -2.18. The minimum absolute atomic E-state index is 0.0951. The van der Waals surface area contributed by atoms with Gasteiger partial charge in [-0.05, 0) is 89.9 Å². The van der Waals surface area contributed by atoms with E-state index in [-0.39, 0.29) is 31.1 Å². The van der Waals surface area contributed by atoms with Crippen LogP contribution >= 0.6 is 0 Å². The van der Waals surface area contributed by atoms with E-state index in [4.69, 9.17) is 14.2 Å². The van der Waals surface area contributed by atoms with E-state index in [0.29, 0.717) is 19.3 Å². The number of unbranched alkanes of at least 4 members (excludes halogenated alkanes) is 14. The number of ether oxygens (including phenoxy) is 3. The maximum Gasteiger partial charge on any atom is 0.306 e. The molecule has 0 amide bonds. The lowest BCUT2D eigenvalue weighted by molar-refractivity contribution is -0.167. The number of rotatable bonds is 39. The van der Waals surface area contributed by atoms with Crippen LogP contribution in [0.5, 0.6) is 0 Å². The molecular formula is C50H82O6. The van der Waals surface area contributed by atoms with Gasteiger partial charge < -0.3 is 14.2 Å². The van der Waals surface area contributed by atoms with Gasteiger partial charge in [0.15, 0.2) is 6.10 Å². The Kier molecular flexibility index (Phi) is 41.6. The third kappa shape index (κ3) is 41.7. The SMILES string of the molecule is CC/C=C\C/C=C\C/C=C\C/C=C\C/C=C\CCCCCC(=O)OCC(COC(=O)CCCCCCC)OC(=O)CCCCCCC/C=C\C/C=C\CCCC. The molecule has 0 rings (SSSR count).